The lowest BCUT2D eigenvalue weighted by Gasteiger charge is -2.24. The van der Waals surface area contributed by atoms with Crippen LogP contribution in [0.15, 0.2) is 83.8 Å². The van der Waals surface area contributed by atoms with Gasteiger partial charge in [-0.15, -0.1) is 23.5 Å². The van der Waals surface area contributed by atoms with E-state index in [9.17, 15) is 9.59 Å². The Balaban J connectivity index is 1.31. The van der Waals surface area contributed by atoms with Crippen LogP contribution in [0.4, 0.5) is 0 Å². The third kappa shape index (κ3) is 5.75. The van der Waals surface area contributed by atoms with Gasteiger partial charge in [0.2, 0.25) is 5.91 Å². The van der Waals surface area contributed by atoms with E-state index in [1.54, 1.807) is 23.5 Å². The van der Waals surface area contributed by atoms with E-state index in [1.807, 2.05) is 59.5 Å². The highest BCUT2D eigenvalue weighted by atomic mass is 32.2. The minimum absolute atomic E-state index is 0.0225. The van der Waals surface area contributed by atoms with Crippen molar-refractivity contribution in [2.75, 3.05) is 18.1 Å². The molecular weight excluding hydrogens is 436 g/mol. The Kier molecular flexibility index (Phi) is 7.55. The van der Waals surface area contributed by atoms with Crippen LogP contribution in [0, 0.1) is 6.92 Å². The molecule has 1 fully saturated rings. The number of nitrogens with zero attached hydrogens (tertiary/aromatic N) is 1. The maximum absolute atomic E-state index is 12.5. The van der Waals surface area contributed by atoms with E-state index in [0.717, 1.165) is 16.9 Å². The lowest BCUT2D eigenvalue weighted by molar-refractivity contribution is -0.128. The monoisotopic (exact) mass is 462 g/mol. The first-order chi connectivity index (χ1) is 15.6. The molecule has 3 aromatic carbocycles. The van der Waals surface area contributed by atoms with E-state index >= 15 is 0 Å². The predicted molar refractivity (Wildman–Crippen MR) is 133 cm³/mol. The molecule has 1 saturated heterocycles. The minimum atomic E-state index is -0.0719. The van der Waals surface area contributed by atoms with Crippen molar-refractivity contribution in [3.8, 4) is 0 Å². The van der Waals surface area contributed by atoms with Crippen molar-refractivity contribution in [3.63, 3.8) is 0 Å². The Morgan fingerprint density at radius 2 is 1.75 bits per heavy atom. The average molecular weight is 463 g/mol. The van der Waals surface area contributed by atoms with Gasteiger partial charge in [-0.1, -0.05) is 60.2 Å². The molecule has 4 nitrogen and oxygen atoms in total. The summed E-state index contributed by atoms with van der Waals surface area (Å²) in [5.74, 6) is 1.38. The normalized spacial score (nSPS) is 15.7. The standard InChI is InChI=1S/C26H26N2O2S2/c1-19-7-13-23(14-8-19)31-16-15-27-25(30)21-9-11-22(12-10-21)26-28(24(29)18-32-26)17-20-5-3-2-4-6-20/h2-14,26H,15-18H2,1H3,(H,27,30)/t26-/m1/s1. The van der Waals surface area contributed by atoms with Crippen LogP contribution >= 0.6 is 23.5 Å². The van der Waals surface area contributed by atoms with Gasteiger partial charge in [0, 0.05) is 29.3 Å². The summed E-state index contributed by atoms with van der Waals surface area (Å²) in [6.45, 7) is 3.28. The molecule has 0 aromatic heterocycles. The van der Waals surface area contributed by atoms with Crippen LogP contribution in [0.5, 0.6) is 0 Å². The number of hydrogen-bond acceptors (Lipinski definition) is 4. The zero-order valence-corrected chi connectivity index (χ0v) is 19.6. The lowest BCUT2D eigenvalue weighted by atomic mass is 10.1. The number of benzene rings is 3. The maximum atomic E-state index is 12.5. The molecule has 0 bridgehead atoms. The molecule has 1 heterocycles. The van der Waals surface area contributed by atoms with Crippen molar-refractivity contribution in [1.82, 2.24) is 10.2 Å². The van der Waals surface area contributed by atoms with Crippen LogP contribution in [-0.4, -0.2) is 34.8 Å². The molecule has 4 rings (SSSR count). The molecule has 2 amide bonds. The van der Waals surface area contributed by atoms with Crippen molar-refractivity contribution >= 4 is 35.3 Å². The molecule has 32 heavy (non-hydrogen) atoms. The number of thioether (sulfide) groups is 2. The number of carbonyl (C=O) groups is 2. The van der Waals surface area contributed by atoms with Crippen LogP contribution in [0.3, 0.4) is 0 Å². The van der Waals surface area contributed by atoms with Gasteiger partial charge in [0.05, 0.1) is 5.75 Å². The molecule has 1 aliphatic rings. The second-order valence-electron chi connectivity index (χ2n) is 7.71. The third-order valence-corrected chi connectivity index (χ3v) is 7.57. The summed E-state index contributed by atoms with van der Waals surface area (Å²) in [6.07, 6.45) is 0. The molecule has 0 unspecified atom stereocenters. The smallest absolute Gasteiger partial charge is 0.251 e. The van der Waals surface area contributed by atoms with Crippen molar-refractivity contribution in [2.24, 2.45) is 0 Å². The van der Waals surface area contributed by atoms with Gasteiger partial charge in [-0.25, -0.2) is 0 Å². The summed E-state index contributed by atoms with van der Waals surface area (Å²) in [5, 5.41) is 2.97. The van der Waals surface area contributed by atoms with Gasteiger partial charge >= 0.3 is 0 Å². The van der Waals surface area contributed by atoms with Gasteiger partial charge in [-0.05, 0) is 42.3 Å². The van der Waals surface area contributed by atoms with Crippen LogP contribution < -0.4 is 5.32 Å². The summed E-state index contributed by atoms with van der Waals surface area (Å²) in [5.41, 5.74) is 4.05. The first kappa shape index (κ1) is 22.5. The first-order valence-corrected chi connectivity index (χ1v) is 12.7. The van der Waals surface area contributed by atoms with Gasteiger partial charge in [-0.3, -0.25) is 9.59 Å². The maximum Gasteiger partial charge on any atom is 0.251 e. The summed E-state index contributed by atoms with van der Waals surface area (Å²) < 4.78 is 0. The van der Waals surface area contributed by atoms with Crippen LogP contribution in [-0.2, 0) is 11.3 Å². The largest absolute Gasteiger partial charge is 0.351 e. The quantitative estimate of drug-likeness (QED) is 0.365. The van der Waals surface area contributed by atoms with E-state index in [2.05, 4.69) is 36.5 Å². The fraction of sp³-hybridized carbons (Fsp3) is 0.231. The zero-order chi connectivity index (χ0) is 22.3. The van der Waals surface area contributed by atoms with E-state index in [0.29, 0.717) is 24.4 Å². The lowest BCUT2D eigenvalue weighted by Crippen LogP contribution is -2.28. The highest BCUT2D eigenvalue weighted by Gasteiger charge is 2.32. The molecule has 1 atom stereocenters. The summed E-state index contributed by atoms with van der Waals surface area (Å²) in [4.78, 5) is 28.1. The first-order valence-electron chi connectivity index (χ1n) is 10.6. The van der Waals surface area contributed by atoms with Crippen molar-refractivity contribution in [1.29, 1.82) is 0 Å². The highest BCUT2D eigenvalue weighted by Crippen LogP contribution is 2.39. The van der Waals surface area contributed by atoms with Gasteiger partial charge < -0.3 is 10.2 Å². The molecule has 0 spiro atoms. The fourth-order valence-electron chi connectivity index (χ4n) is 3.55. The summed E-state index contributed by atoms with van der Waals surface area (Å²) >= 11 is 3.37. The highest BCUT2D eigenvalue weighted by molar-refractivity contribution is 8.00. The number of carbonyl (C=O) groups excluding carboxylic acids is 2. The molecule has 0 saturated carbocycles. The number of hydrogen-bond donors (Lipinski definition) is 1. The Morgan fingerprint density at radius 1 is 1.03 bits per heavy atom. The van der Waals surface area contributed by atoms with Crippen molar-refractivity contribution in [2.45, 2.75) is 23.7 Å². The molecule has 1 aliphatic heterocycles. The third-order valence-electron chi connectivity index (χ3n) is 5.30. The Labute approximate surface area is 197 Å². The zero-order valence-electron chi connectivity index (χ0n) is 18.0. The van der Waals surface area contributed by atoms with E-state index in [-0.39, 0.29) is 17.2 Å². The van der Waals surface area contributed by atoms with Crippen LogP contribution in [0.2, 0.25) is 0 Å². The average Bonchev–Trinajstić information content (AvgIpc) is 3.18. The minimum Gasteiger partial charge on any atom is -0.351 e. The second kappa shape index (κ2) is 10.7. The summed E-state index contributed by atoms with van der Waals surface area (Å²) in [6, 6.07) is 26.1. The molecule has 3 aromatic rings. The molecule has 164 valence electrons. The molecule has 6 heteroatoms. The number of rotatable bonds is 8. The van der Waals surface area contributed by atoms with E-state index in [4.69, 9.17) is 0 Å². The molecular formula is C26H26N2O2S2. The number of amides is 2. The molecule has 0 radical (unpaired) electrons. The van der Waals surface area contributed by atoms with Crippen molar-refractivity contribution < 1.29 is 9.59 Å². The Morgan fingerprint density at radius 3 is 2.47 bits per heavy atom. The second-order valence-corrected chi connectivity index (χ2v) is 9.95. The van der Waals surface area contributed by atoms with E-state index in [1.165, 1.54) is 10.5 Å². The topological polar surface area (TPSA) is 49.4 Å². The molecule has 1 N–H and O–H groups in total. The Bertz CT molecular complexity index is 1050. The summed E-state index contributed by atoms with van der Waals surface area (Å²) in [7, 11) is 0. The van der Waals surface area contributed by atoms with Gasteiger partial charge in [0.25, 0.3) is 5.91 Å². The fourth-order valence-corrected chi connectivity index (χ4v) is 5.51. The number of aryl methyl sites for hydroxylation is 1. The van der Waals surface area contributed by atoms with Crippen LogP contribution in [0.25, 0.3) is 0 Å². The molecule has 0 aliphatic carbocycles. The Hall–Kier alpha value is -2.70. The van der Waals surface area contributed by atoms with Gasteiger partial charge in [0.15, 0.2) is 0 Å². The van der Waals surface area contributed by atoms with Crippen molar-refractivity contribution in [3.05, 3.63) is 101 Å². The predicted octanol–water partition coefficient (Wildman–Crippen LogP) is 5.29. The van der Waals surface area contributed by atoms with Gasteiger partial charge in [-0.2, -0.15) is 0 Å². The van der Waals surface area contributed by atoms with Gasteiger partial charge in [0.1, 0.15) is 5.37 Å². The van der Waals surface area contributed by atoms with Crippen LogP contribution in [0.1, 0.15) is 32.4 Å². The van der Waals surface area contributed by atoms with E-state index < -0.39 is 0 Å². The number of nitrogens with one attached hydrogen (secondary N) is 1. The SMILES string of the molecule is Cc1ccc(SCCNC(=O)c2ccc([C@H]3SCC(=O)N3Cc3ccccc3)cc2)cc1.